The SMILES string of the molecule is CC(N)c1sc(COc2ccc(F)cc2)nc1C1CC1. The average Bonchev–Trinajstić information content (AvgIpc) is 3.18. The summed E-state index contributed by atoms with van der Waals surface area (Å²) in [6.07, 6.45) is 2.42. The molecule has 5 heteroatoms. The summed E-state index contributed by atoms with van der Waals surface area (Å²) in [6, 6.07) is 6.04. The van der Waals surface area contributed by atoms with Gasteiger partial charge in [0.1, 0.15) is 23.2 Å². The van der Waals surface area contributed by atoms with E-state index in [0.717, 1.165) is 10.7 Å². The number of hydrogen-bond donors (Lipinski definition) is 1. The van der Waals surface area contributed by atoms with Crippen LogP contribution in [0.4, 0.5) is 4.39 Å². The number of nitrogens with zero attached hydrogens (tertiary/aromatic N) is 1. The zero-order valence-electron chi connectivity index (χ0n) is 11.3. The van der Waals surface area contributed by atoms with Crippen LogP contribution in [0, 0.1) is 5.82 Å². The number of aromatic nitrogens is 1. The first kappa shape index (κ1) is 13.5. The molecular weight excluding hydrogens is 275 g/mol. The summed E-state index contributed by atoms with van der Waals surface area (Å²) in [5.74, 6) is 0.977. The molecule has 1 aromatic carbocycles. The first-order valence-corrected chi connectivity index (χ1v) is 7.58. The fourth-order valence-electron chi connectivity index (χ4n) is 2.10. The van der Waals surface area contributed by atoms with Gasteiger partial charge in [-0.25, -0.2) is 9.37 Å². The van der Waals surface area contributed by atoms with Crippen molar-refractivity contribution in [1.82, 2.24) is 4.98 Å². The predicted octanol–water partition coefficient (Wildman–Crippen LogP) is 3.76. The van der Waals surface area contributed by atoms with Crippen LogP contribution in [-0.2, 0) is 6.61 Å². The summed E-state index contributed by atoms with van der Waals surface area (Å²) < 4.78 is 18.4. The molecule has 20 heavy (non-hydrogen) atoms. The van der Waals surface area contributed by atoms with Gasteiger partial charge in [0.15, 0.2) is 0 Å². The largest absolute Gasteiger partial charge is 0.486 e. The van der Waals surface area contributed by atoms with Crippen LogP contribution in [0.25, 0.3) is 0 Å². The summed E-state index contributed by atoms with van der Waals surface area (Å²) in [5.41, 5.74) is 7.16. The van der Waals surface area contributed by atoms with E-state index in [4.69, 9.17) is 10.5 Å². The lowest BCUT2D eigenvalue weighted by Gasteiger charge is -2.03. The summed E-state index contributed by atoms with van der Waals surface area (Å²) in [6.45, 7) is 2.40. The van der Waals surface area contributed by atoms with Gasteiger partial charge in [-0.1, -0.05) is 0 Å². The molecule has 1 aliphatic carbocycles. The lowest BCUT2D eigenvalue weighted by atomic mass is 10.2. The van der Waals surface area contributed by atoms with Crippen LogP contribution in [0.15, 0.2) is 24.3 Å². The minimum Gasteiger partial charge on any atom is -0.486 e. The van der Waals surface area contributed by atoms with Crippen molar-refractivity contribution in [3.8, 4) is 5.75 Å². The third-order valence-electron chi connectivity index (χ3n) is 3.28. The van der Waals surface area contributed by atoms with E-state index in [0.29, 0.717) is 18.3 Å². The summed E-state index contributed by atoms with van der Waals surface area (Å²) in [4.78, 5) is 5.84. The van der Waals surface area contributed by atoms with Gasteiger partial charge in [-0.05, 0) is 44.0 Å². The van der Waals surface area contributed by atoms with Crippen molar-refractivity contribution in [3.05, 3.63) is 45.7 Å². The van der Waals surface area contributed by atoms with E-state index in [-0.39, 0.29) is 11.9 Å². The molecule has 1 aromatic heterocycles. The summed E-state index contributed by atoms with van der Waals surface area (Å²) in [5, 5.41) is 0.934. The zero-order valence-corrected chi connectivity index (χ0v) is 12.1. The Hall–Kier alpha value is -1.46. The molecule has 0 bridgehead atoms. The maximum absolute atomic E-state index is 12.8. The Morgan fingerprint density at radius 1 is 1.40 bits per heavy atom. The Labute approximate surface area is 121 Å². The Kier molecular flexibility index (Phi) is 3.72. The lowest BCUT2D eigenvalue weighted by molar-refractivity contribution is 0.305. The van der Waals surface area contributed by atoms with Crippen molar-refractivity contribution in [2.75, 3.05) is 0 Å². The normalized spacial score (nSPS) is 16.1. The highest BCUT2D eigenvalue weighted by molar-refractivity contribution is 7.11. The number of benzene rings is 1. The van der Waals surface area contributed by atoms with Gasteiger partial charge in [0.25, 0.3) is 0 Å². The second kappa shape index (κ2) is 5.50. The fourth-order valence-corrected chi connectivity index (χ4v) is 3.12. The molecule has 1 heterocycles. The third-order valence-corrected chi connectivity index (χ3v) is 4.52. The molecule has 0 radical (unpaired) electrons. The lowest BCUT2D eigenvalue weighted by Crippen LogP contribution is -2.05. The second-order valence-corrected chi connectivity index (χ2v) is 6.28. The van der Waals surface area contributed by atoms with Crippen LogP contribution in [-0.4, -0.2) is 4.98 Å². The van der Waals surface area contributed by atoms with Gasteiger partial charge < -0.3 is 10.5 Å². The van der Waals surface area contributed by atoms with Gasteiger partial charge >= 0.3 is 0 Å². The minimum absolute atomic E-state index is 0.0164. The van der Waals surface area contributed by atoms with Gasteiger partial charge in [0.05, 0.1) is 5.69 Å². The Bertz CT molecular complexity index is 571. The molecule has 0 saturated heterocycles. The highest BCUT2D eigenvalue weighted by Crippen LogP contribution is 2.44. The topological polar surface area (TPSA) is 48.1 Å². The van der Waals surface area contributed by atoms with E-state index >= 15 is 0 Å². The molecular formula is C15H17FN2OS. The van der Waals surface area contributed by atoms with Crippen LogP contribution in [0.3, 0.4) is 0 Å². The molecule has 2 N–H and O–H groups in total. The number of halogens is 1. The van der Waals surface area contributed by atoms with Crippen LogP contribution >= 0.6 is 11.3 Å². The van der Waals surface area contributed by atoms with Crippen molar-refractivity contribution in [3.63, 3.8) is 0 Å². The van der Waals surface area contributed by atoms with Crippen LogP contribution in [0.5, 0.6) is 5.75 Å². The Balaban J connectivity index is 1.71. The first-order chi connectivity index (χ1) is 9.63. The molecule has 106 valence electrons. The number of nitrogens with two attached hydrogens (primary N) is 1. The number of thiazole rings is 1. The molecule has 3 nitrogen and oxygen atoms in total. The standard InChI is InChI=1S/C15H17FN2OS/c1-9(17)15-14(10-2-3-10)18-13(20-15)8-19-12-6-4-11(16)5-7-12/h4-7,9-10H,2-3,8,17H2,1H3. The number of ether oxygens (including phenoxy) is 1. The predicted molar refractivity (Wildman–Crippen MR) is 77.4 cm³/mol. The molecule has 0 amide bonds. The van der Waals surface area contributed by atoms with E-state index in [1.807, 2.05) is 6.92 Å². The van der Waals surface area contributed by atoms with Crippen molar-refractivity contribution < 1.29 is 9.13 Å². The van der Waals surface area contributed by atoms with Gasteiger partial charge in [-0.2, -0.15) is 0 Å². The average molecular weight is 292 g/mol. The van der Waals surface area contributed by atoms with Crippen LogP contribution in [0.1, 0.15) is 47.3 Å². The highest BCUT2D eigenvalue weighted by Gasteiger charge is 2.30. The van der Waals surface area contributed by atoms with Crippen LogP contribution < -0.4 is 10.5 Å². The summed E-state index contributed by atoms with van der Waals surface area (Å²) in [7, 11) is 0. The molecule has 1 aliphatic rings. The third kappa shape index (κ3) is 2.99. The maximum atomic E-state index is 12.8. The van der Waals surface area contributed by atoms with Crippen molar-refractivity contribution >= 4 is 11.3 Å². The van der Waals surface area contributed by atoms with Crippen LogP contribution in [0.2, 0.25) is 0 Å². The molecule has 2 aromatic rings. The first-order valence-electron chi connectivity index (χ1n) is 6.77. The molecule has 3 rings (SSSR count). The Morgan fingerprint density at radius 3 is 2.70 bits per heavy atom. The zero-order chi connectivity index (χ0) is 14.1. The fraction of sp³-hybridized carbons (Fsp3) is 0.400. The smallest absolute Gasteiger partial charge is 0.140 e. The highest BCUT2D eigenvalue weighted by atomic mass is 32.1. The quantitative estimate of drug-likeness (QED) is 0.912. The molecule has 1 unspecified atom stereocenters. The van der Waals surface area contributed by atoms with Gasteiger partial charge in [-0.3, -0.25) is 0 Å². The van der Waals surface area contributed by atoms with E-state index in [2.05, 4.69) is 4.98 Å². The number of hydrogen-bond acceptors (Lipinski definition) is 4. The van der Waals surface area contributed by atoms with E-state index < -0.39 is 0 Å². The van der Waals surface area contributed by atoms with Gasteiger partial charge in [-0.15, -0.1) is 11.3 Å². The monoisotopic (exact) mass is 292 g/mol. The van der Waals surface area contributed by atoms with Gasteiger partial charge in [0, 0.05) is 16.8 Å². The van der Waals surface area contributed by atoms with Crippen molar-refractivity contribution in [1.29, 1.82) is 0 Å². The molecule has 1 saturated carbocycles. The molecule has 1 fully saturated rings. The molecule has 1 atom stereocenters. The van der Waals surface area contributed by atoms with Crippen molar-refractivity contribution in [2.24, 2.45) is 5.73 Å². The molecule has 0 aliphatic heterocycles. The second-order valence-electron chi connectivity index (χ2n) is 5.16. The number of rotatable bonds is 5. The van der Waals surface area contributed by atoms with E-state index in [1.54, 1.807) is 23.5 Å². The summed E-state index contributed by atoms with van der Waals surface area (Å²) >= 11 is 1.62. The molecule has 0 spiro atoms. The minimum atomic E-state index is -0.262. The maximum Gasteiger partial charge on any atom is 0.140 e. The Morgan fingerprint density at radius 2 is 2.10 bits per heavy atom. The van der Waals surface area contributed by atoms with E-state index in [1.165, 1.54) is 29.9 Å². The van der Waals surface area contributed by atoms with Gasteiger partial charge in [0.2, 0.25) is 0 Å². The van der Waals surface area contributed by atoms with Crippen molar-refractivity contribution in [2.45, 2.75) is 38.3 Å². The van der Waals surface area contributed by atoms with E-state index in [9.17, 15) is 4.39 Å².